The molecule has 1 N–H and O–H groups in total. The quantitative estimate of drug-likeness (QED) is 0.375. The molecule has 3 aromatic rings. The Balaban J connectivity index is 1.82. The van der Waals surface area contributed by atoms with Crippen molar-refractivity contribution in [3.8, 4) is 11.4 Å². The number of aromatic nitrogens is 1. The van der Waals surface area contributed by atoms with Gasteiger partial charge in [-0.1, -0.05) is 30.3 Å². The third-order valence-electron chi connectivity index (χ3n) is 4.78. The van der Waals surface area contributed by atoms with Crippen LogP contribution >= 0.6 is 0 Å². The van der Waals surface area contributed by atoms with Crippen molar-refractivity contribution in [1.82, 2.24) is 9.99 Å². The average molecular weight is 391 g/mol. The van der Waals surface area contributed by atoms with Crippen molar-refractivity contribution < 1.29 is 14.3 Å². The van der Waals surface area contributed by atoms with Crippen molar-refractivity contribution in [3.63, 3.8) is 0 Å². The predicted octanol–water partition coefficient (Wildman–Crippen LogP) is 4.01. The maximum absolute atomic E-state index is 12.2. The van der Waals surface area contributed by atoms with E-state index < -0.39 is 0 Å². The Kier molecular flexibility index (Phi) is 6.34. The van der Waals surface area contributed by atoms with Crippen LogP contribution in [-0.2, 0) is 11.3 Å². The van der Waals surface area contributed by atoms with Crippen molar-refractivity contribution in [2.45, 2.75) is 20.4 Å². The van der Waals surface area contributed by atoms with Gasteiger partial charge in [0.2, 0.25) is 0 Å². The number of hydrogen-bond donors (Lipinski definition) is 1. The van der Waals surface area contributed by atoms with E-state index >= 15 is 0 Å². The second-order valence-electron chi connectivity index (χ2n) is 6.58. The molecular weight excluding hydrogens is 366 g/mol. The van der Waals surface area contributed by atoms with Crippen LogP contribution in [0.2, 0.25) is 0 Å². The summed E-state index contributed by atoms with van der Waals surface area (Å²) in [6, 6.07) is 17.3. The minimum Gasteiger partial charge on any atom is -0.496 e. The Bertz CT molecular complexity index is 1040. The highest BCUT2D eigenvalue weighted by Crippen LogP contribution is 2.23. The number of carbonyl (C=O) groups excluding carboxylic acids is 1. The predicted molar refractivity (Wildman–Crippen MR) is 114 cm³/mol. The minimum absolute atomic E-state index is 0.359. The second-order valence-corrected chi connectivity index (χ2v) is 6.58. The Morgan fingerprint density at radius 2 is 1.83 bits per heavy atom. The van der Waals surface area contributed by atoms with Crippen LogP contribution in [0.4, 0.5) is 0 Å². The molecule has 6 nitrogen and oxygen atoms in total. The molecule has 0 amide bonds. The lowest BCUT2D eigenvalue weighted by molar-refractivity contribution is 0.0600. The fourth-order valence-corrected chi connectivity index (χ4v) is 3.34. The standard InChI is InChI=1S/C23H25N3O3/c1-16-13-19(15-25-24-14-18-9-5-8-12-22(18)28-3)17(2)26(16)21-11-7-6-10-20(21)23(27)29-4/h5-13,15,24H,14H2,1-4H3/b25-15+. The zero-order valence-electron chi connectivity index (χ0n) is 17.1. The van der Waals surface area contributed by atoms with E-state index in [0.717, 1.165) is 34.0 Å². The number of esters is 1. The molecule has 0 bridgehead atoms. The fraction of sp³-hybridized carbons (Fsp3) is 0.217. The zero-order valence-corrected chi connectivity index (χ0v) is 17.1. The first-order valence-electron chi connectivity index (χ1n) is 9.31. The summed E-state index contributed by atoms with van der Waals surface area (Å²) >= 11 is 0. The smallest absolute Gasteiger partial charge is 0.339 e. The molecule has 2 aromatic carbocycles. The number of carbonyl (C=O) groups is 1. The summed E-state index contributed by atoms with van der Waals surface area (Å²) < 4.78 is 12.3. The van der Waals surface area contributed by atoms with E-state index in [1.165, 1.54) is 7.11 Å². The number of para-hydroxylation sites is 2. The normalized spacial score (nSPS) is 10.9. The van der Waals surface area contributed by atoms with Crippen LogP contribution in [0, 0.1) is 13.8 Å². The summed E-state index contributed by atoms with van der Waals surface area (Å²) in [5.74, 6) is 0.467. The van der Waals surface area contributed by atoms with E-state index in [-0.39, 0.29) is 5.97 Å². The van der Waals surface area contributed by atoms with Crippen molar-refractivity contribution in [2.75, 3.05) is 14.2 Å². The van der Waals surface area contributed by atoms with Crippen LogP contribution < -0.4 is 10.2 Å². The number of hydrogen-bond acceptors (Lipinski definition) is 5. The van der Waals surface area contributed by atoms with Crippen LogP contribution in [0.15, 0.2) is 59.7 Å². The van der Waals surface area contributed by atoms with Gasteiger partial charge in [-0.25, -0.2) is 4.79 Å². The molecule has 0 aliphatic carbocycles. The van der Waals surface area contributed by atoms with Gasteiger partial charge >= 0.3 is 5.97 Å². The molecule has 1 aromatic heterocycles. The van der Waals surface area contributed by atoms with E-state index in [1.54, 1.807) is 19.4 Å². The Morgan fingerprint density at radius 3 is 2.59 bits per heavy atom. The number of hydrazone groups is 1. The van der Waals surface area contributed by atoms with E-state index in [4.69, 9.17) is 9.47 Å². The SMILES string of the molecule is COC(=O)c1ccccc1-n1c(C)cc(/C=N/NCc2ccccc2OC)c1C. The summed E-state index contributed by atoms with van der Waals surface area (Å²) in [5.41, 5.74) is 8.37. The molecule has 0 aliphatic rings. The monoisotopic (exact) mass is 391 g/mol. The molecule has 150 valence electrons. The molecule has 0 spiro atoms. The van der Waals surface area contributed by atoms with Crippen molar-refractivity contribution in [3.05, 3.63) is 82.7 Å². The average Bonchev–Trinajstić information content (AvgIpc) is 3.03. The summed E-state index contributed by atoms with van der Waals surface area (Å²) in [4.78, 5) is 12.2. The van der Waals surface area contributed by atoms with Crippen molar-refractivity contribution in [1.29, 1.82) is 0 Å². The van der Waals surface area contributed by atoms with Gasteiger partial charge in [0.25, 0.3) is 0 Å². The Labute approximate surface area is 170 Å². The molecule has 3 rings (SSSR count). The summed E-state index contributed by atoms with van der Waals surface area (Å²) in [5, 5.41) is 4.36. The van der Waals surface area contributed by atoms with E-state index in [0.29, 0.717) is 12.1 Å². The third-order valence-corrected chi connectivity index (χ3v) is 4.78. The van der Waals surface area contributed by atoms with Gasteiger partial charge in [0.15, 0.2) is 0 Å². The van der Waals surface area contributed by atoms with Gasteiger partial charge in [-0.15, -0.1) is 0 Å². The topological polar surface area (TPSA) is 64.9 Å². The van der Waals surface area contributed by atoms with Gasteiger partial charge < -0.3 is 19.5 Å². The molecule has 29 heavy (non-hydrogen) atoms. The minimum atomic E-state index is -0.359. The highest BCUT2D eigenvalue weighted by Gasteiger charge is 2.16. The largest absolute Gasteiger partial charge is 0.496 e. The van der Waals surface area contributed by atoms with E-state index in [9.17, 15) is 4.79 Å². The van der Waals surface area contributed by atoms with Gasteiger partial charge in [0, 0.05) is 22.5 Å². The molecule has 0 radical (unpaired) electrons. The van der Waals surface area contributed by atoms with Gasteiger partial charge in [0.05, 0.1) is 38.2 Å². The third kappa shape index (κ3) is 4.32. The van der Waals surface area contributed by atoms with Gasteiger partial charge in [-0.2, -0.15) is 5.10 Å². The fourth-order valence-electron chi connectivity index (χ4n) is 3.34. The Morgan fingerprint density at radius 1 is 1.10 bits per heavy atom. The van der Waals surface area contributed by atoms with Crippen LogP contribution in [0.1, 0.15) is 32.9 Å². The highest BCUT2D eigenvalue weighted by atomic mass is 16.5. The number of benzene rings is 2. The van der Waals surface area contributed by atoms with Crippen LogP contribution in [-0.4, -0.2) is 31.0 Å². The molecule has 1 heterocycles. The summed E-state index contributed by atoms with van der Waals surface area (Å²) in [7, 11) is 3.04. The molecule has 0 saturated heterocycles. The van der Waals surface area contributed by atoms with Crippen molar-refractivity contribution >= 4 is 12.2 Å². The van der Waals surface area contributed by atoms with E-state index in [1.807, 2.05) is 66.9 Å². The highest BCUT2D eigenvalue weighted by molar-refractivity contribution is 5.94. The molecule has 0 fully saturated rings. The first-order chi connectivity index (χ1) is 14.1. The maximum Gasteiger partial charge on any atom is 0.339 e. The van der Waals surface area contributed by atoms with Gasteiger partial charge in [-0.05, 0) is 38.1 Å². The van der Waals surface area contributed by atoms with Crippen LogP contribution in [0.25, 0.3) is 5.69 Å². The molecule has 0 aliphatic heterocycles. The zero-order chi connectivity index (χ0) is 20.8. The molecule has 0 unspecified atom stereocenters. The van der Waals surface area contributed by atoms with E-state index in [2.05, 4.69) is 10.5 Å². The lowest BCUT2D eigenvalue weighted by Gasteiger charge is -2.13. The van der Waals surface area contributed by atoms with Gasteiger partial charge in [0.1, 0.15) is 5.75 Å². The summed E-state index contributed by atoms with van der Waals surface area (Å²) in [6.45, 7) is 4.56. The number of methoxy groups -OCH3 is 2. The number of rotatable bonds is 7. The second kappa shape index (κ2) is 9.10. The van der Waals surface area contributed by atoms with Gasteiger partial charge in [-0.3, -0.25) is 0 Å². The Hall–Kier alpha value is -3.54. The van der Waals surface area contributed by atoms with Crippen LogP contribution in [0.3, 0.4) is 0 Å². The number of ether oxygens (including phenoxy) is 2. The number of aryl methyl sites for hydroxylation is 1. The lowest BCUT2D eigenvalue weighted by atomic mass is 10.1. The molecule has 0 saturated carbocycles. The maximum atomic E-state index is 12.2. The molecule has 6 heteroatoms. The van der Waals surface area contributed by atoms with Crippen molar-refractivity contribution in [2.24, 2.45) is 5.10 Å². The van der Waals surface area contributed by atoms with Crippen LogP contribution in [0.5, 0.6) is 5.75 Å². The first-order valence-corrected chi connectivity index (χ1v) is 9.31. The first kappa shape index (κ1) is 20.2. The molecule has 0 atom stereocenters. The lowest BCUT2D eigenvalue weighted by Crippen LogP contribution is -2.10. The number of nitrogens with one attached hydrogen (secondary N) is 1. The molecular formula is C23H25N3O3. The summed E-state index contributed by atoms with van der Waals surface area (Å²) in [6.07, 6.45) is 1.79. The number of nitrogens with zero attached hydrogens (tertiary/aromatic N) is 2.